The van der Waals surface area contributed by atoms with Gasteiger partial charge in [-0.1, -0.05) is 0 Å². The quantitative estimate of drug-likeness (QED) is 0.767. The molecule has 0 bridgehead atoms. The highest BCUT2D eigenvalue weighted by molar-refractivity contribution is 5.80. The molecule has 1 aromatic heterocycles. The van der Waals surface area contributed by atoms with E-state index in [1.165, 1.54) is 7.11 Å². The van der Waals surface area contributed by atoms with Crippen LogP contribution in [0.2, 0.25) is 0 Å². The van der Waals surface area contributed by atoms with E-state index in [2.05, 4.69) is 10.4 Å². The molecule has 1 heterocycles. The first-order valence-corrected chi connectivity index (χ1v) is 6.73. The fourth-order valence-corrected chi connectivity index (χ4v) is 2.28. The fourth-order valence-electron chi connectivity index (χ4n) is 2.28. The van der Waals surface area contributed by atoms with Crippen molar-refractivity contribution in [3.8, 4) is 0 Å². The predicted molar refractivity (Wildman–Crippen MR) is 74.9 cm³/mol. The zero-order chi connectivity index (χ0) is 14.5. The molecule has 0 aliphatic rings. The van der Waals surface area contributed by atoms with Crippen molar-refractivity contribution in [2.24, 2.45) is 0 Å². The summed E-state index contributed by atoms with van der Waals surface area (Å²) in [5.41, 5.74) is 0.376. The number of nitrogens with zero attached hydrogens (tertiary/aromatic N) is 2. The lowest BCUT2D eigenvalue weighted by atomic mass is 9.95. The van der Waals surface area contributed by atoms with Crippen molar-refractivity contribution >= 4 is 5.97 Å². The normalized spacial score (nSPS) is 14.4. The number of rotatable bonds is 7. The molecule has 0 aliphatic heterocycles. The van der Waals surface area contributed by atoms with Crippen molar-refractivity contribution < 1.29 is 9.53 Å². The van der Waals surface area contributed by atoms with Gasteiger partial charge in [-0.2, -0.15) is 5.10 Å². The average molecular weight is 267 g/mol. The van der Waals surface area contributed by atoms with E-state index in [1.807, 2.05) is 44.6 Å². The number of hydrogen-bond acceptors (Lipinski definition) is 4. The second kappa shape index (κ2) is 6.70. The standard InChI is InChI=1S/C14H25N3O2/c1-11(2)15-14(4,13(18)19-5)8-6-9-17-10-7-12(3)16-17/h7,10-11,15H,6,8-9H2,1-5H3. The number of nitrogens with one attached hydrogen (secondary N) is 1. The summed E-state index contributed by atoms with van der Waals surface area (Å²) in [6.07, 6.45) is 3.55. The topological polar surface area (TPSA) is 56.2 Å². The maximum Gasteiger partial charge on any atom is 0.325 e. The van der Waals surface area contributed by atoms with E-state index < -0.39 is 5.54 Å². The van der Waals surface area contributed by atoms with Gasteiger partial charge >= 0.3 is 5.97 Å². The molecule has 1 N–H and O–H groups in total. The third-order valence-corrected chi connectivity index (χ3v) is 3.08. The summed E-state index contributed by atoms with van der Waals surface area (Å²) < 4.78 is 6.80. The van der Waals surface area contributed by atoms with Gasteiger partial charge in [0.25, 0.3) is 0 Å². The molecule has 5 nitrogen and oxygen atoms in total. The van der Waals surface area contributed by atoms with Crippen LogP contribution in [0.1, 0.15) is 39.3 Å². The van der Waals surface area contributed by atoms with Crippen molar-refractivity contribution in [2.75, 3.05) is 7.11 Å². The largest absolute Gasteiger partial charge is 0.468 e. The first-order valence-electron chi connectivity index (χ1n) is 6.73. The van der Waals surface area contributed by atoms with Crippen LogP contribution < -0.4 is 5.32 Å². The minimum absolute atomic E-state index is 0.210. The number of carbonyl (C=O) groups is 1. The van der Waals surface area contributed by atoms with Gasteiger partial charge in [0.05, 0.1) is 12.8 Å². The second-order valence-electron chi connectivity index (χ2n) is 5.45. The van der Waals surface area contributed by atoms with E-state index in [4.69, 9.17) is 4.74 Å². The molecule has 0 fully saturated rings. The van der Waals surface area contributed by atoms with E-state index in [0.29, 0.717) is 0 Å². The highest BCUT2D eigenvalue weighted by Crippen LogP contribution is 2.16. The van der Waals surface area contributed by atoms with Crippen LogP contribution in [0, 0.1) is 6.92 Å². The van der Waals surface area contributed by atoms with E-state index >= 15 is 0 Å². The van der Waals surface area contributed by atoms with E-state index in [0.717, 1.165) is 25.1 Å². The lowest BCUT2D eigenvalue weighted by Gasteiger charge is -2.30. The van der Waals surface area contributed by atoms with Crippen molar-refractivity contribution in [3.63, 3.8) is 0 Å². The summed E-state index contributed by atoms with van der Waals surface area (Å²) in [6, 6.07) is 2.21. The molecule has 0 saturated heterocycles. The molecular formula is C14H25N3O2. The Morgan fingerprint density at radius 1 is 1.58 bits per heavy atom. The first-order chi connectivity index (χ1) is 8.87. The van der Waals surface area contributed by atoms with Crippen LogP contribution in [-0.2, 0) is 16.1 Å². The van der Waals surface area contributed by atoms with Crippen LogP contribution in [0.4, 0.5) is 0 Å². The third-order valence-electron chi connectivity index (χ3n) is 3.08. The molecule has 0 radical (unpaired) electrons. The molecule has 1 atom stereocenters. The summed E-state index contributed by atoms with van der Waals surface area (Å²) in [4.78, 5) is 11.9. The second-order valence-corrected chi connectivity index (χ2v) is 5.45. The maximum atomic E-state index is 11.9. The number of aromatic nitrogens is 2. The molecule has 1 rings (SSSR count). The van der Waals surface area contributed by atoms with Crippen LogP contribution >= 0.6 is 0 Å². The molecule has 108 valence electrons. The Morgan fingerprint density at radius 3 is 2.74 bits per heavy atom. The monoisotopic (exact) mass is 267 g/mol. The van der Waals surface area contributed by atoms with Gasteiger partial charge in [-0.05, 0) is 46.6 Å². The fraction of sp³-hybridized carbons (Fsp3) is 0.714. The van der Waals surface area contributed by atoms with E-state index in [9.17, 15) is 4.79 Å². The lowest BCUT2D eigenvalue weighted by molar-refractivity contribution is -0.148. The smallest absolute Gasteiger partial charge is 0.325 e. The first kappa shape index (κ1) is 15.7. The number of methoxy groups -OCH3 is 1. The maximum absolute atomic E-state index is 11.9. The van der Waals surface area contributed by atoms with E-state index in [-0.39, 0.29) is 12.0 Å². The summed E-state index contributed by atoms with van der Waals surface area (Å²) in [5, 5.41) is 7.63. The van der Waals surface area contributed by atoms with E-state index in [1.54, 1.807) is 0 Å². The molecule has 19 heavy (non-hydrogen) atoms. The Morgan fingerprint density at radius 2 is 2.26 bits per heavy atom. The van der Waals surface area contributed by atoms with Crippen LogP contribution in [0.15, 0.2) is 12.3 Å². The summed E-state index contributed by atoms with van der Waals surface area (Å²) in [6.45, 7) is 8.72. The highest BCUT2D eigenvalue weighted by Gasteiger charge is 2.34. The zero-order valence-corrected chi connectivity index (χ0v) is 12.6. The Balaban J connectivity index is 2.55. The number of carbonyl (C=O) groups excluding carboxylic acids is 1. The zero-order valence-electron chi connectivity index (χ0n) is 12.6. The minimum atomic E-state index is -0.634. The molecule has 0 spiro atoms. The number of aryl methyl sites for hydroxylation is 2. The van der Waals surface area contributed by atoms with Crippen LogP contribution in [0.3, 0.4) is 0 Å². The van der Waals surface area contributed by atoms with Gasteiger partial charge in [0.15, 0.2) is 0 Å². The SMILES string of the molecule is COC(=O)C(C)(CCCn1ccc(C)n1)NC(C)C. The van der Waals surface area contributed by atoms with Gasteiger partial charge in [0.2, 0.25) is 0 Å². The van der Waals surface area contributed by atoms with Gasteiger partial charge in [-0.25, -0.2) is 0 Å². The predicted octanol–water partition coefficient (Wildman–Crippen LogP) is 1.90. The molecular weight excluding hydrogens is 242 g/mol. The molecule has 0 aromatic carbocycles. The highest BCUT2D eigenvalue weighted by atomic mass is 16.5. The molecule has 0 saturated carbocycles. The van der Waals surface area contributed by atoms with Crippen molar-refractivity contribution in [1.29, 1.82) is 0 Å². The molecule has 1 aromatic rings. The van der Waals surface area contributed by atoms with Gasteiger partial charge in [-0.15, -0.1) is 0 Å². The average Bonchev–Trinajstić information content (AvgIpc) is 2.73. The summed E-state index contributed by atoms with van der Waals surface area (Å²) >= 11 is 0. The van der Waals surface area contributed by atoms with Crippen molar-refractivity contribution in [2.45, 2.75) is 58.7 Å². The lowest BCUT2D eigenvalue weighted by Crippen LogP contribution is -2.53. The van der Waals surface area contributed by atoms with Gasteiger partial charge in [0.1, 0.15) is 5.54 Å². The Kier molecular flexibility index (Phi) is 5.54. The molecule has 0 aliphatic carbocycles. The van der Waals surface area contributed by atoms with Gasteiger partial charge in [0, 0.05) is 18.8 Å². The van der Waals surface area contributed by atoms with Crippen molar-refractivity contribution in [1.82, 2.24) is 15.1 Å². The van der Waals surface area contributed by atoms with Gasteiger partial charge in [-0.3, -0.25) is 14.8 Å². The Hall–Kier alpha value is -1.36. The molecule has 0 amide bonds. The Labute approximate surface area is 115 Å². The third kappa shape index (κ3) is 4.67. The van der Waals surface area contributed by atoms with Crippen LogP contribution in [-0.4, -0.2) is 34.4 Å². The summed E-state index contributed by atoms with van der Waals surface area (Å²) in [5.74, 6) is -0.210. The molecule has 5 heteroatoms. The Bertz CT molecular complexity index is 415. The molecule has 1 unspecified atom stereocenters. The number of ether oxygens (including phenoxy) is 1. The number of hydrogen-bond donors (Lipinski definition) is 1. The summed E-state index contributed by atoms with van der Waals surface area (Å²) in [7, 11) is 1.43. The van der Waals surface area contributed by atoms with Gasteiger partial charge < -0.3 is 4.74 Å². The van der Waals surface area contributed by atoms with Crippen LogP contribution in [0.5, 0.6) is 0 Å². The van der Waals surface area contributed by atoms with Crippen molar-refractivity contribution in [3.05, 3.63) is 18.0 Å². The van der Waals surface area contributed by atoms with Crippen LogP contribution in [0.25, 0.3) is 0 Å². The minimum Gasteiger partial charge on any atom is -0.468 e. The number of esters is 1.